The lowest BCUT2D eigenvalue weighted by atomic mass is 10.1. The summed E-state index contributed by atoms with van der Waals surface area (Å²) in [6.45, 7) is -0.568. The lowest BCUT2D eigenvalue weighted by molar-refractivity contribution is -0.131. The average Bonchev–Trinajstić information content (AvgIpc) is 3.20. The molecule has 10 nitrogen and oxygen atoms in total. The summed E-state index contributed by atoms with van der Waals surface area (Å²) in [7, 11) is 0. The first-order valence-corrected chi connectivity index (χ1v) is 10.3. The summed E-state index contributed by atoms with van der Waals surface area (Å²) in [5, 5.41) is 14.3. The second-order valence-electron chi connectivity index (χ2n) is 7.45. The quantitative estimate of drug-likeness (QED) is 0.412. The number of aromatic amines is 1. The van der Waals surface area contributed by atoms with E-state index >= 15 is 0 Å². The second-order valence-corrected chi connectivity index (χ2v) is 7.45. The van der Waals surface area contributed by atoms with Crippen molar-refractivity contribution in [3.8, 4) is 5.75 Å². The van der Waals surface area contributed by atoms with Crippen molar-refractivity contribution in [1.82, 2.24) is 25.5 Å². The maximum atomic E-state index is 12.6. The van der Waals surface area contributed by atoms with Crippen molar-refractivity contribution < 1.29 is 27.5 Å². The van der Waals surface area contributed by atoms with Crippen molar-refractivity contribution >= 4 is 23.3 Å². The Morgan fingerprint density at radius 1 is 1.24 bits per heavy atom. The topological polar surface area (TPSA) is 134 Å². The molecule has 3 aromatic rings. The fraction of sp³-hybridized carbons (Fsp3) is 0.286. The van der Waals surface area contributed by atoms with Crippen LogP contribution in [0.2, 0.25) is 0 Å². The molecule has 3 heterocycles. The molecule has 4 rings (SSSR count). The number of halogens is 3. The van der Waals surface area contributed by atoms with Crippen LogP contribution in [0.25, 0.3) is 0 Å². The number of hydrogen-bond acceptors (Lipinski definition) is 7. The van der Waals surface area contributed by atoms with Crippen LogP contribution in [0.3, 0.4) is 0 Å². The first kappa shape index (κ1) is 23.0. The van der Waals surface area contributed by atoms with E-state index < -0.39 is 30.5 Å². The number of aromatic nitrogens is 4. The van der Waals surface area contributed by atoms with E-state index in [9.17, 15) is 22.8 Å². The highest BCUT2D eigenvalue weighted by molar-refractivity contribution is 6.01. The van der Waals surface area contributed by atoms with E-state index in [1.165, 1.54) is 12.3 Å². The third-order valence-corrected chi connectivity index (χ3v) is 4.81. The molecular weight excluding hydrogens is 455 g/mol. The molecule has 0 bridgehead atoms. The molecule has 0 radical (unpaired) electrons. The Balaban J connectivity index is 1.35. The molecule has 2 amide bonds. The van der Waals surface area contributed by atoms with Crippen molar-refractivity contribution in [2.45, 2.75) is 25.1 Å². The van der Waals surface area contributed by atoms with Crippen LogP contribution in [0, 0.1) is 0 Å². The molecule has 2 aromatic heterocycles. The molecule has 0 spiro atoms. The Morgan fingerprint density at radius 3 is 2.79 bits per heavy atom. The molecule has 0 saturated carbocycles. The summed E-state index contributed by atoms with van der Waals surface area (Å²) in [6.07, 6.45) is -3.60. The summed E-state index contributed by atoms with van der Waals surface area (Å²) in [5.41, 5.74) is 1.21. The number of carbonyl (C=O) groups is 2. The highest BCUT2D eigenvalue weighted by Crippen LogP contribution is 2.29. The van der Waals surface area contributed by atoms with Gasteiger partial charge in [0.1, 0.15) is 35.7 Å². The van der Waals surface area contributed by atoms with Gasteiger partial charge in [-0.2, -0.15) is 13.2 Å². The van der Waals surface area contributed by atoms with Gasteiger partial charge in [0, 0.05) is 19.0 Å². The SMILES string of the molecule is O=C(N[C@H]1COc2cc(NCCC(F)(F)F)ncc2NC1=O)c1n[nH]c(Cc2ccccc2)n1. The van der Waals surface area contributed by atoms with Gasteiger partial charge in [0.25, 0.3) is 11.8 Å². The summed E-state index contributed by atoms with van der Waals surface area (Å²) < 4.78 is 42.6. The molecule has 1 atom stereocenters. The maximum Gasteiger partial charge on any atom is 0.390 e. The zero-order valence-electron chi connectivity index (χ0n) is 17.6. The Bertz CT molecular complexity index is 1170. The summed E-state index contributed by atoms with van der Waals surface area (Å²) in [5.74, 6) is -0.492. The smallest absolute Gasteiger partial charge is 0.390 e. The van der Waals surface area contributed by atoms with Crippen molar-refractivity contribution in [3.63, 3.8) is 0 Å². The van der Waals surface area contributed by atoms with Gasteiger partial charge in [-0.05, 0) is 5.56 Å². The van der Waals surface area contributed by atoms with E-state index in [-0.39, 0.29) is 36.2 Å². The molecule has 1 aliphatic heterocycles. The number of H-pyrrole nitrogens is 1. The maximum absolute atomic E-state index is 12.6. The Hall–Kier alpha value is -4.16. The monoisotopic (exact) mass is 475 g/mol. The summed E-state index contributed by atoms with van der Waals surface area (Å²) >= 11 is 0. The number of alkyl halides is 3. The van der Waals surface area contributed by atoms with Gasteiger partial charge in [-0.1, -0.05) is 30.3 Å². The Morgan fingerprint density at radius 2 is 2.03 bits per heavy atom. The van der Waals surface area contributed by atoms with Crippen LogP contribution in [0.5, 0.6) is 5.75 Å². The highest BCUT2D eigenvalue weighted by atomic mass is 19.4. The number of anilines is 2. The van der Waals surface area contributed by atoms with Gasteiger partial charge >= 0.3 is 6.18 Å². The predicted molar refractivity (Wildman–Crippen MR) is 114 cm³/mol. The second kappa shape index (κ2) is 9.77. The lowest BCUT2D eigenvalue weighted by Gasteiger charge is -2.13. The van der Waals surface area contributed by atoms with E-state index in [1.54, 1.807) is 0 Å². The number of ether oxygens (including phenoxy) is 1. The van der Waals surface area contributed by atoms with Crippen LogP contribution in [0.4, 0.5) is 24.7 Å². The highest BCUT2D eigenvalue weighted by Gasteiger charge is 2.29. The molecule has 0 fully saturated rings. The third kappa shape index (κ3) is 5.99. The Labute approximate surface area is 191 Å². The number of benzene rings is 1. The van der Waals surface area contributed by atoms with E-state index in [2.05, 4.69) is 36.1 Å². The number of hydrogen-bond donors (Lipinski definition) is 4. The zero-order valence-corrected chi connectivity index (χ0v) is 17.6. The van der Waals surface area contributed by atoms with E-state index in [4.69, 9.17) is 4.74 Å². The van der Waals surface area contributed by atoms with Gasteiger partial charge in [-0.3, -0.25) is 14.7 Å². The molecule has 34 heavy (non-hydrogen) atoms. The summed E-state index contributed by atoms with van der Waals surface area (Å²) in [4.78, 5) is 33.2. The fourth-order valence-corrected chi connectivity index (χ4v) is 3.14. The number of carbonyl (C=O) groups excluding carboxylic acids is 2. The molecule has 0 unspecified atom stereocenters. The van der Waals surface area contributed by atoms with Crippen LogP contribution in [-0.2, 0) is 11.2 Å². The zero-order chi connectivity index (χ0) is 24.1. The number of amides is 2. The predicted octanol–water partition coefficient (Wildman–Crippen LogP) is 2.28. The van der Waals surface area contributed by atoms with E-state index in [0.29, 0.717) is 12.2 Å². The average molecular weight is 475 g/mol. The first-order chi connectivity index (χ1) is 16.3. The van der Waals surface area contributed by atoms with E-state index in [1.807, 2.05) is 30.3 Å². The lowest BCUT2D eigenvalue weighted by Crippen LogP contribution is -2.46. The molecule has 0 saturated heterocycles. The number of fused-ring (bicyclic) bond motifs is 1. The van der Waals surface area contributed by atoms with Crippen LogP contribution in [0.15, 0.2) is 42.6 Å². The Kier molecular flexibility index (Phi) is 6.61. The fourth-order valence-electron chi connectivity index (χ4n) is 3.14. The van der Waals surface area contributed by atoms with E-state index in [0.717, 1.165) is 5.56 Å². The summed E-state index contributed by atoms with van der Waals surface area (Å²) in [6, 6.07) is 9.82. The minimum Gasteiger partial charge on any atom is -0.488 e. The van der Waals surface area contributed by atoms with Gasteiger partial charge in [0.05, 0.1) is 12.6 Å². The molecule has 0 aliphatic carbocycles. The van der Waals surface area contributed by atoms with Gasteiger partial charge < -0.3 is 20.7 Å². The molecule has 1 aromatic carbocycles. The van der Waals surface area contributed by atoms with Gasteiger partial charge in [0.15, 0.2) is 0 Å². The number of nitrogens with zero attached hydrogens (tertiary/aromatic N) is 3. The molecule has 4 N–H and O–H groups in total. The van der Waals surface area contributed by atoms with Crippen molar-refractivity contribution in [1.29, 1.82) is 0 Å². The van der Waals surface area contributed by atoms with Gasteiger partial charge in [-0.25, -0.2) is 9.97 Å². The first-order valence-electron chi connectivity index (χ1n) is 10.3. The third-order valence-electron chi connectivity index (χ3n) is 4.81. The molecular formula is C21H20F3N7O3. The minimum atomic E-state index is -4.29. The number of nitrogens with one attached hydrogen (secondary N) is 4. The van der Waals surface area contributed by atoms with Gasteiger partial charge in [0.2, 0.25) is 5.82 Å². The normalized spacial score (nSPS) is 15.5. The van der Waals surface area contributed by atoms with Crippen molar-refractivity contribution in [2.75, 3.05) is 23.8 Å². The van der Waals surface area contributed by atoms with Gasteiger partial charge in [-0.15, -0.1) is 5.10 Å². The molecule has 178 valence electrons. The van der Waals surface area contributed by atoms with Crippen LogP contribution >= 0.6 is 0 Å². The van der Waals surface area contributed by atoms with Crippen molar-refractivity contribution in [2.24, 2.45) is 0 Å². The molecule has 1 aliphatic rings. The van der Waals surface area contributed by atoms with Crippen LogP contribution < -0.4 is 20.7 Å². The minimum absolute atomic E-state index is 0.127. The standard InChI is InChI=1S/C21H20F3N7O3/c22-21(23,24)6-7-25-16-9-15-13(10-26-16)27-19(32)14(11-34-15)28-20(33)18-29-17(30-31-18)8-12-4-2-1-3-5-12/h1-5,9-10,14H,6-8,11H2,(H,25,26)(H,27,32)(H,28,33)(H,29,30,31)/t14-/m0/s1. The largest absolute Gasteiger partial charge is 0.488 e. The van der Waals surface area contributed by atoms with Crippen LogP contribution in [-0.4, -0.2) is 57.3 Å². The number of pyridine rings is 1. The molecule has 13 heteroatoms. The number of rotatable bonds is 7. The van der Waals surface area contributed by atoms with Crippen molar-refractivity contribution in [3.05, 3.63) is 59.8 Å². The van der Waals surface area contributed by atoms with Crippen LogP contribution in [0.1, 0.15) is 28.4 Å².